The van der Waals surface area contributed by atoms with Gasteiger partial charge in [-0.15, -0.1) is 11.3 Å². The predicted molar refractivity (Wildman–Crippen MR) is 75.2 cm³/mol. The minimum Gasteiger partial charge on any atom is -0.334 e. The zero-order valence-corrected chi connectivity index (χ0v) is 11.7. The van der Waals surface area contributed by atoms with E-state index in [1.807, 2.05) is 18.4 Å². The van der Waals surface area contributed by atoms with Crippen molar-refractivity contribution < 1.29 is 9.59 Å². The molecule has 1 fully saturated rings. The molecule has 1 N–H and O–H groups in total. The molecule has 0 saturated carbocycles. The second-order valence-electron chi connectivity index (χ2n) is 4.52. The number of carbonyl (C=O) groups excluding carboxylic acids is 2. The van der Waals surface area contributed by atoms with Crippen LogP contribution in [0, 0.1) is 6.92 Å². The largest absolute Gasteiger partial charge is 0.334 e. The molecule has 1 aliphatic heterocycles. The number of amides is 2. The highest BCUT2D eigenvalue weighted by atomic mass is 32.1. The number of hydrogen-bond acceptors (Lipinski definition) is 4. The molecule has 2 rings (SSSR count). The normalized spacial score (nSPS) is 15.7. The van der Waals surface area contributed by atoms with E-state index < -0.39 is 11.8 Å². The third-order valence-electron chi connectivity index (χ3n) is 3.09. The molecule has 1 aromatic heterocycles. The van der Waals surface area contributed by atoms with Crippen molar-refractivity contribution in [1.29, 1.82) is 0 Å². The molecule has 0 unspecified atom stereocenters. The van der Waals surface area contributed by atoms with E-state index in [1.54, 1.807) is 22.5 Å². The standard InChI is InChI=1S/C13H17N3O2S/c1-10-5-8-19-11(10)9-14-15-12(17)13(18)16-6-3-2-4-7-16/h5,8-9H,2-4,6-7H2,1H3,(H,15,17)/b14-9-. The predicted octanol–water partition coefficient (Wildman–Crippen LogP) is 1.52. The van der Waals surface area contributed by atoms with Crippen molar-refractivity contribution in [1.82, 2.24) is 10.3 Å². The van der Waals surface area contributed by atoms with Crippen molar-refractivity contribution >= 4 is 29.4 Å². The van der Waals surface area contributed by atoms with Crippen LogP contribution in [0.4, 0.5) is 0 Å². The second-order valence-corrected chi connectivity index (χ2v) is 5.47. The zero-order chi connectivity index (χ0) is 13.7. The Labute approximate surface area is 116 Å². The number of nitrogens with zero attached hydrogens (tertiary/aromatic N) is 2. The van der Waals surface area contributed by atoms with Gasteiger partial charge in [-0.2, -0.15) is 5.10 Å². The smallest absolute Gasteiger partial charge is 0.329 e. The summed E-state index contributed by atoms with van der Waals surface area (Å²) in [6.07, 6.45) is 4.63. The lowest BCUT2D eigenvalue weighted by molar-refractivity contribution is -0.146. The molecule has 0 aromatic carbocycles. The van der Waals surface area contributed by atoms with Crippen LogP contribution in [-0.4, -0.2) is 36.0 Å². The van der Waals surface area contributed by atoms with E-state index >= 15 is 0 Å². The minimum absolute atomic E-state index is 0.486. The summed E-state index contributed by atoms with van der Waals surface area (Å²) in [6.45, 7) is 3.30. The van der Waals surface area contributed by atoms with Crippen molar-refractivity contribution in [3.8, 4) is 0 Å². The Morgan fingerprint density at radius 1 is 1.37 bits per heavy atom. The fourth-order valence-electron chi connectivity index (χ4n) is 1.95. The van der Waals surface area contributed by atoms with Crippen molar-refractivity contribution in [2.45, 2.75) is 26.2 Å². The van der Waals surface area contributed by atoms with Crippen LogP contribution in [0.15, 0.2) is 16.5 Å². The average molecular weight is 279 g/mol. The molecule has 5 nitrogen and oxygen atoms in total. The van der Waals surface area contributed by atoms with Crippen LogP contribution in [0.5, 0.6) is 0 Å². The summed E-state index contributed by atoms with van der Waals surface area (Å²) in [5.41, 5.74) is 3.39. The lowest BCUT2D eigenvalue weighted by atomic mass is 10.1. The summed E-state index contributed by atoms with van der Waals surface area (Å²) in [5.74, 6) is -1.15. The van der Waals surface area contributed by atoms with Gasteiger partial charge in [-0.1, -0.05) is 0 Å². The average Bonchev–Trinajstić information content (AvgIpc) is 2.84. The number of aryl methyl sites for hydroxylation is 1. The Kier molecular flexibility index (Phi) is 4.68. The fraction of sp³-hybridized carbons (Fsp3) is 0.462. The number of hydrazone groups is 1. The monoisotopic (exact) mass is 279 g/mol. The van der Waals surface area contributed by atoms with E-state index in [2.05, 4.69) is 10.5 Å². The fourth-order valence-corrected chi connectivity index (χ4v) is 2.74. The molecule has 0 spiro atoms. The summed E-state index contributed by atoms with van der Waals surface area (Å²) < 4.78 is 0. The molecule has 0 aliphatic carbocycles. The molecular weight excluding hydrogens is 262 g/mol. The van der Waals surface area contributed by atoms with E-state index in [0.29, 0.717) is 13.1 Å². The third kappa shape index (κ3) is 3.64. The lowest BCUT2D eigenvalue weighted by Gasteiger charge is -2.25. The lowest BCUT2D eigenvalue weighted by Crippen LogP contribution is -2.43. The summed E-state index contributed by atoms with van der Waals surface area (Å²) in [5, 5.41) is 5.78. The van der Waals surface area contributed by atoms with Crippen LogP contribution in [0.25, 0.3) is 0 Å². The summed E-state index contributed by atoms with van der Waals surface area (Å²) in [7, 11) is 0. The Hall–Kier alpha value is -1.69. The van der Waals surface area contributed by atoms with Crippen LogP contribution < -0.4 is 5.43 Å². The van der Waals surface area contributed by atoms with Gasteiger partial charge in [0.1, 0.15) is 0 Å². The third-order valence-corrected chi connectivity index (χ3v) is 4.04. The number of thiophene rings is 1. The molecule has 6 heteroatoms. The SMILES string of the molecule is Cc1ccsc1/C=N\NC(=O)C(=O)N1CCCCC1. The van der Waals surface area contributed by atoms with Gasteiger partial charge in [0.05, 0.1) is 6.21 Å². The zero-order valence-electron chi connectivity index (χ0n) is 10.9. The van der Waals surface area contributed by atoms with E-state index in [-0.39, 0.29) is 0 Å². The van der Waals surface area contributed by atoms with Gasteiger partial charge in [-0.05, 0) is 43.2 Å². The van der Waals surface area contributed by atoms with Crippen LogP contribution >= 0.6 is 11.3 Å². The van der Waals surface area contributed by atoms with Crippen LogP contribution in [0.2, 0.25) is 0 Å². The molecule has 19 heavy (non-hydrogen) atoms. The van der Waals surface area contributed by atoms with Gasteiger partial charge in [0, 0.05) is 18.0 Å². The Balaban J connectivity index is 1.85. The first-order chi connectivity index (χ1) is 9.18. The second kappa shape index (κ2) is 6.47. The van der Waals surface area contributed by atoms with Gasteiger partial charge in [0.25, 0.3) is 0 Å². The first-order valence-corrected chi connectivity index (χ1v) is 7.23. The van der Waals surface area contributed by atoms with E-state index in [0.717, 1.165) is 29.7 Å². The maximum absolute atomic E-state index is 11.8. The molecule has 2 amide bonds. The van der Waals surface area contributed by atoms with Crippen LogP contribution in [0.1, 0.15) is 29.7 Å². The van der Waals surface area contributed by atoms with Crippen molar-refractivity contribution in [2.24, 2.45) is 5.10 Å². The molecule has 0 radical (unpaired) electrons. The van der Waals surface area contributed by atoms with Gasteiger partial charge >= 0.3 is 11.8 Å². The Morgan fingerprint density at radius 2 is 2.11 bits per heavy atom. The molecule has 0 bridgehead atoms. The molecular formula is C13H17N3O2S. The molecule has 1 saturated heterocycles. The highest BCUT2D eigenvalue weighted by Crippen LogP contribution is 2.12. The van der Waals surface area contributed by atoms with Crippen molar-refractivity contribution in [3.05, 3.63) is 21.9 Å². The van der Waals surface area contributed by atoms with Crippen molar-refractivity contribution in [3.63, 3.8) is 0 Å². The van der Waals surface area contributed by atoms with Gasteiger partial charge in [-0.3, -0.25) is 9.59 Å². The number of rotatable bonds is 2. The summed E-state index contributed by atoms with van der Waals surface area (Å²) in [4.78, 5) is 26.0. The van der Waals surface area contributed by atoms with Gasteiger partial charge in [-0.25, -0.2) is 5.43 Å². The topological polar surface area (TPSA) is 61.8 Å². The van der Waals surface area contributed by atoms with Crippen LogP contribution in [0.3, 0.4) is 0 Å². The van der Waals surface area contributed by atoms with E-state index in [9.17, 15) is 9.59 Å². The summed E-state index contributed by atoms with van der Waals surface area (Å²) in [6, 6.07) is 1.98. The maximum Gasteiger partial charge on any atom is 0.329 e. The highest BCUT2D eigenvalue weighted by Gasteiger charge is 2.22. The minimum atomic E-state index is -0.660. The maximum atomic E-state index is 11.8. The molecule has 1 aliphatic rings. The number of hydrogen-bond donors (Lipinski definition) is 1. The quantitative estimate of drug-likeness (QED) is 0.507. The summed E-state index contributed by atoms with van der Waals surface area (Å²) >= 11 is 1.54. The van der Waals surface area contributed by atoms with Crippen LogP contribution in [-0.2, 0) is 9.59 Å². The number of piperidine rings is 1. The molecule has 1 aromatic rings. The van der Waals surface area contributed by atoms with Gasteiger partial charge < -0.3 is 4.90 Å². The Morgan fingerprint density at radius 3 is 2.74 bits per heavy atom. The molecule has 0 atom stereocenters. The first-order valence-electron chi connectivity index (χ1n) is 6.35. The van der Waals surface area contributed by atoms with Crippen molar-refractivity contribution in [2.75, 3.05) is 13.1 Å². The number of carbonyl (C=O) groups is 2. The number of nitrogens with one attached hydrogen (secondary N) is 1. The molecule has 2 heterocycles. The number of likely N-dealkylation sites (tertiary alicyclic amines) is 1. The molecule has 102 valence electrons. The van der Waals surface area contributed by atoms with Gasteiger partial charge in [0.15, 0.2) is 0 Å². The Bertz CT molecular complexity index is 490. The van der Waals surface area contributed by atoms with Gasteiger partial charge in [0.2, 0.25) is 0 Å². The first kappa shape index (κ1) is 13.7. The van der Waals surface area contributed by atoms with E-state index in [4.69, 9.17) is 0 Å². The highest BCUT2D eigenvalue weighted by molar-refractivity contribution is 7.11. The van der Waals surface area contributed by atoms with E-state index in [1.165, 1.54) is 0 Å².